The zero-order valence-corrected chi connectivity index (χ0v) is 19.5. The van der Waals surface area contributed by atoms with Gasteiger partial charge in [0.1, 0.15) is 5.75 Å². The summed E-state index contributed by atoms with van der Waals surface area (Å²) in [5, 5.41) is 12.0. The summed E-state index contributed by atoms with van der Waals surface area (Å²) >= 11 is 0. The average molecular weight is 475 g/mol. The van der Waals surface area contributed by atoms with Gasteiger partial charge in [-0.3, -0.25) is 14.5 Å². The van der Waals surface area contributed by atoms with Crippen LogP contribution in [-0.4, -0.2) is 71.6 Å². The number of benzene rings is 1. The number of nitrogens with zero attached hydrogens (tertiary/aromatic N) is 6. The van der Waals surface area contributed by atoms with Crippen LogP contribution in [0.4, 0.5) is 0 Å². The van der Waals surface area contributed by atoms with Crippen molar-refractivity contribution < 1.29 is 18.8 Å². The monoisotopic (exact) mass is 474 g/mol. The highest BCUT2D eigenvalue weighted by atomic mass is 16.5. The molecule has 0 bridgehead atoms. The number of methoxy groups -OCH3 is 1. The molecule has 5 rings (SSSR count). The summed E-state index contributed by atoms with van der Waals surface area (Å²) in [6.45, 7) is 3.35. The number of rotatable bonds is 7. The minimum atomic E-state index is -0.328. The Balaban J connectivity index is 1.10. The first-order valence-corrected chi connectivity index (χ1v) is 11.6. The molecule has 0 radical (unpaired) electrons. The molecule has 1 aromatic heterocycles. The molecule has 1 aliphatic carbocycles. The van der Waals surface area contributed by atoms with Gasteiger partial charge in [-0.25, -0.2) is 0 Å². The summed E-state index contributed by atoms with van der Waals surface area (Å²) in [5.74, 6) is 1.20. The van der Waals surface area contributed by atoms with Crippen molar-refractivity contribution in [3.8, 4) is 17.1 Å². The predicted octanol–water partition coefficient (Wildman–Crippen LogP) is 2.81. The van der Waals surface area contributed by atoms with Crippen LogP contribution in [0.2, 0.25) is 0 Å². The molecule has 0 spiro atoms. The number of azo groups is 1. The highest BCUT2D eigenvalue weighted by Crippen LogP contribution is 2.29. The summed E-state index contributed by atoms with van der Waals surface area (Å²) < 4.78 is 10.5. The van der Waals surface area contributed by atoms with Crippen LogP contribution in [0.5, 0.6) is 5.75 Å². The second-order valence-electron chi connectivity index (χ2n) is 8.56. The molecular formula is C25H26N6O4. The molecule has 1 saturated heterocycles. The van der Waals surface area contributed by atoms with Crippen LogP contribution >= 0.6 is 0 Å². The Kier molecular flexibility index (Phi) is 6.62. The minimum Gasteiger partial charge on any atom is -0.497 e. The SMILES string of the molecule is COc1ccc(-c2noc(CCC(=O)N3CCN(CC4=C5C=CC=CC5C(=O)N=N4)CC3)n2)cc1. The van der Waals surface area contributed by atoms with Gasteiger partial charge in [-0.2, -0.15) is 10.1 Å². The number of ether oxygens (including phenoxy) is 1. The number of carbonyl (C=O) groups excluding carboxylic acids is 2. The molecule has 3 aliphatic rings. The molecule has 2 amide bonds. The Morgan fingerprint density at radius 3 is 2.69 bits per heavy atom. The van der Waals surface area contributed by atoms with Crippen LogP contribution in [0.3, 0.4) is 0 Å². The third-order valence-electron chi connectivity index (χ3n) is 6.36. The third-order valence-corrected chi connectivity index (χ3v) is 6.36. The van der Waals surface area contributed by atoms with Gasteiger partial charge in [0.25, 0.3) is 5.91 Å². The first kappa shape index (κ1) is 22.9. The molecule has 2 aliphatic heterocycles. The van der Waals surface area contributed by atoms with E-state index in [2.05, 4.69) is 25.3 Å². The lowest BCUT2D eigenvalue weighted by molar-refractivity contribution is -0.133. The summed E-state index contributed by atoms with van der Waals surface area (Å²) in [6.07, 6.45) is 8.29. The Bertz CT molecular complexity index is 1220. The summed E-state index contributed by atoms with van der Waals surface area (Å²) in [7, 11) is 1.61. The van der Waals surface area contributed by atoms with E-state index in [1.165, 1.54) is 0 Å². The van der Waals surface area contributed by atoms with Gasteiger partial charge in [-0.1, -0.05) is 29.5 Å². The second kappa shape index (κ2) is 10.1. The normalized spacial score (nSPS) is 19.9. The molecule has 1 fully saturated rings. The van der Waals surface area contributed by atoms with Gasteiger partial charge >= 0.3 is 0 Å². The van der Waals surface area contributed by atoms with E-state index in [1.54, 1.807) is 7.11 Å². The van der Waals surface area contributed by atoms with Crippen LogP contribution in [0.1, 0.15) is 12.3 Å². The molecule has 0 saturated carbocycles. The molecule has 1 unspecified atom stereocenters. The quantitative estimate of drug-likeness (QED) is 0.606. The Labute approximate surface area is 202 Å². The number of allylic oxidation sites excluding steroid dienone is 3. The number of carbonyl (C=O) groups is 2. The summed E-state index contributed by atoms with van der Waals surface area (Å²) in [5.41, 5.74) is 2.56. The van der Waals surface area contributed by atoms with Gasteiger partial charge in [-0.05, 0) is 29.8 Å². The Hall–Kier alpha value is -3.92. The van der Waals surface area contributed by atoms with Gasteiger partial charge in [0.2, 0.25) is 17.6 Å². The van der Waals surface area contributed by atoms with E-state index in [-0.39, 0.29) is 17.7 Å². The molecule has 0 N–H and O–H groups in total. The number of aryl methyl sites for hydroxylation is 1. The van der Waals surface area contributed by atoms with Crippen molar-refractivity contribution >= 4 is 11.8 Å². The number of amides is 2. The topological polar surface area (TPSA) is 113 Å². The lowest BCUT2D eigenvalue weighted by Gasteiger charge is -2.35. The first-order valence-electron chi connectivity index (χ1n) is 11.6. The number of fused-ring (bicyclic) bond motifs is 1. The molecule has 10 heteroatoms. The largest absolute Gasteiger partial charge is 0.497 e. The van der Waals surface area contributed by atoms with Crippen molar-refractivity contribution in [3.05, 3.63) is 65.7 Å². The maximum absolute atomic E-state index is 12.7. The van der Waals surface area contributed by atoms with E-state index in [9.17, 15) is 9.59 Å². The molecule has 1 atom stereocenters. The van der Waals surface area contributed by atoms with E-state index in [4.69, 9.17) is 9.26 Å². The van der Waals surface area contributed by atoms with E-state index < -0.39 is 0 Å². The van der Waals surface area contributed by atoms with Crippen LogP contribution in [0.25, 0.3) is 11.4 Å². The molecule has 35 heavy (non-hydrogen) atoms. The molecule has 2 aromatic rings. The summed E-state index contributed by atoms with van der Waals surface area (Å²) in [4.78, 5) is 33.3. The van der Waals surface area contributed by atoms with Gasteiger partial charge in [0.15, 0.2) is 0 Å². The standard InChI is InChI=1S/C25H26N6O4/c1-34-18-8-6-17(7-9-18)24-26-22(35-29-24)10-11-23(32)31-14-12-30(13-15-31)16-21-19-4-2-3-5-20(19)25(33)28-27-21/h2-9,20H,10-16H2,1H3. The van der Waals surface area contributed by atoms with E-state index >= 15 is 0 Å². The lowest BCUT2D eigenvalue weighted by atomic mass is 9.91. The highest BCUT2D eigenvalue weighted by Gasteiger charge is 2.29. The van der Waals surface area contributed by atoms with Gasteiger partial charge in [0, 0.05) is 51.1 Å². The smallest absolute Gasteiger partial charge is 0.275 e. The van der Waals surface area contributed by atoms with Crippen LogP contribution in [0, 0.1) is 5.92 Å². The van der Waals surface area contributed by atoms with E-state index in [0.29, 0.717) is 44.2 Å². The Morgan fingerprint density at radius 1 is 1.11 bits per heavy atom. The molecule has 1 aromatic carbocycles. The van der Waals surface area contributed by atoms with Gasteiger partial charge < -0.3 is 14.2 Å². The highest BCUT2D eigenvalue weighted by molar-refractivity contribution is 5.86. The fourth-order valence-corrected chi connectivity index (χ4v) is 4.34. The predicted molar refractivity (Wildman–Crippen MR) is 126 cm³/mol. The number of aromatic nitrogens is 2. The van der Waals surface area contributed by atoms with Crippen molar-refractivity contribution in [3.63, 3.8) is 0 Å². The van der Waals surface area contributed by atoms with Crippen LogP contribution in [-0.2, 0) is 16.0 Å². The first-order chi connectivity index (χ1) is 17.1. The van der Waals surface area contributed by atoms with Gasteiger partial charge in [0.05, 0.1) is 18.7 Å². The van der Waals surface area contributed by atoms with Crippen molar-refractivity contribution in [2.24, 2.45) is 16.1 Å². The van der Waals surface area contributed by atoms with Gasteiger partial charge in [-0.15, -0.1) is 5.11 Å². The molecular weight excluding hydrogens is 448 g/mol. The minimum absolute atomic E-state index is 0.0687. The maximum Gasteiger partial charge on any atom is 0.275 e. The van der Waals surface area contributed by atoms with E-state index in [1.807, 2.05) is 53.5 Å². The number of hydrogen-bond donors (Lipinski definition) is 0. The van der Waals surface area contributed by atoms with Crippen LogP contribution < -0.4 is 4.74 Å². The second-order valence-corrected chi connectivity index (χ2v) is 8.56. The fraction of sp³-hybridized carbons (Fsp3) is 0.360. The average Bonchev–Trinajstić information content (AvgIpc) is 3.39. The number of piperazine rings is 1. The zero-order valence-electron chi connectivity index (χ0n) is 19.5. The fourth-order valence-electron chi connectivity index (χ4n) is 4.34. The molecule has 10 nitrogen and oxygen atoms in total. The van der Waals surface area contributed by atoms with Crippen molar-refractivity contribution in [1.82, 2.24) is 19.9 Å². The van der Waals surface area contributed by atoms with Crippen molar-refractivity contribution in [1.29, 1.82) is 0 Å². The third kappa shape index (κ3) is 5.12. The van der Waals surface area contributed by atoms with Crippen molar-refractivity contribution in [2.75, 3.05) is 39.8 Å². The zero-order chi connectivity index (χ0) is 24.2. The Morgan fingerprint density at radius 2 is 1.91 bits per heavy atom. The maximum atomic E-state index is 12.7. The molecule has 180 valence electrons. The molecule has 3 heterocycles. The van der Waals surface area contributed by atoms with Crippen LogP contribution in [0.15, 0.2) is 74.6 Å². The summed E-state index contributed by atoms with van der Waals surface area (Å²) in [6, 6.07) is 7.40. The van der Waals surface area contributed by atoms with E-state index in [0.717, 1.165) is 35.7 Å². The lowest BCUT2D eigenvalue weighted by Crippen LogP contribution is -2.49. The number of hydrogen-bond acceptors (Lipinski definition) is 8. The van der Waals surface area contributed by atoms with Crippen molar-refractivity contribution in [2.45, 2.75) is 12.8 Å².